The summed E-state index contributed by atoms with van der Waals surface area (Å²) in [5, 5.41) is 0. The number of rotatable bonds is 7. The molecule has 4 amide bonds. The molecule has 190 valence electrons. The van der Waals surface area contributed by atoms with E-state index in [0.717, 1.165) is 0 Å². The molecule has 10 nitrogen and oxygen atoms in total. The summed E-state index contributed by atoms with van der Waals surface area (Å²) in [4.78, 5) is 59.0. The maximum atomic E-state index is 12.8. The van der Waals surface area contributed by atoms with Crippen LogP contribution in [0.4, 0.5) is 0 Å². The van der Waals surface area contributed by atoms with E-state index in [1.807, 2.05) is 0 Å². The molecule has 0 fully saturated rings. The molecule has 0 atom stereocenters. The zero-order valence-corrected chi connectivity index (χ0v) is 21.2. The first-order chi connectivity index (χ1) is 18.5. The number of nitrogens with one attached hydrogen (secondary N) is 4. The first kappa shape index (κ1) is 26.4. The third-order valence-corrected chi connectivity index (χ3v) is 7.43. The summed E-state index contributed by atoms with van der Waals surface area (Å²) >= 11 is 0. The highest BCUT2D eigenvalue weighted by Crippen LogP contribution is 2.40. The van der Waals surface area contributed by atoms with Gasteiger partial charge in [0.25, 0.3) is 23.6 Å². The molecule has 0 saturated carbocycles. The van der Waals surface area contributed by atoms with Crippen LogP contribution in [-0.4, -0.2) is 33.6 Å². The highest BCUT2D eigenvalue weighted by molar-refractivity contribution is 8.76. The van der Waals surface area contributed by atoms with Gasteiger partial charge in [-0.25, -0.2) is 0 Å². The van der Waals surface area contributed by atoms with Gasteiger partial charge in [-0.05, 0) is 48.5 Å². The summed E-state index contributed by atoms with van der Waals surface area (Å²) in [5.41, 5.74) is 11.0. The van der Waals surface area contributed by atoms with Gasteiger partial charge in [0.05, 0.1) is 11.1 Å². The van der Waals surface area contributed by atoms with Crippen LogP contribution in [0.25, 0.3) is 0 Å². The molecular formula is C26H20N6O4S2. The summed E-state index contributed by atoms with van der Waals surface area (Å²) in [7, 11) is 2.55. The number of hydrazine groups is 2. The molecule has 12 heteroatoms. The van der Waals surface area contributed by atoms with E-state index in [4.69, 9.17) is 0 Å². The maximum Gasteiger partial charge on any atom is 0.270 e. The van der Waals surface area contributed by atoms with Gasteiger partial charge in [0.2, 0.25) is 0 Å². The van der Waals surface area contributed by atoms with E-state index in [1.54, 1.807) is 48.5 Å². The lowest BCUT2D eigenvalue weighted by Crippen LogP contribution is -2.41. The van der Waals surface area contributed by atoms with E-state index >= 15 is 0 Å². The van der Waals surface area contributed by atoms with Crippen LogP contribution in [0.3, 0.4) is 0 Å². The second-order valence-electron chi connectivity index (χ2n) is 7.45. The Morgan fingerprint density at radius 2 is 0.816 bits per heavy atom. The van der Waals surface area contributed by atoms with Gasteiger partial charge in [0, 0.05) is 45.7 Å². The number of carbonyl (C=O) groups excluding carboxylic acids is 4. The van der Waals surface area contributed by atoms with Crippen molar-refractivity contribution in [1.29, 1.82) is 0 Å². The largest absolute Gasteiger partial charge is 0.270 e. The van der Waals surface area contributed by atoms with Gasteiger partial charge in [-0.2, -0.15) is 0 Å². The molecule has 4 rings (SSSR count). The molecule has 0 unspecified atom stereocenters. The number of pyridine rings is 2. The lowest BCUT2D eigenvalue weighted by atomic mass is 10.2. The molecule has 2 aromatic carbocycles. The van der Waals surface area contributed by atoms with Gasteiger partial charge < -0.3 is 0 Å². The fourth-order valence-corrected chi connectivity index (χ4v) is 5.42. The Morgan fingerprint density at radius 3 is 1.21 bits per heavy atom. The third kappa shape index (κ3) is 6.96. The van der Waals surface area contributed by atoms with Crippen LogP contribution in [0.5, 0.6) is 0 Å². The Hall–Kier alpha value is -4.68. The molecule has 0 bridgehead atoms. The number of benzene rings is 2. The molecule has 0 saturated heterocycles. The van der Waals surface area contributed by atoms with Crippen LogP contribution in [0.15, 0.2) is 107 Å². The van der Waals surface area contributed by atoms with Crippen LogP contribution >= 0.6 is 21.6 Å². The van der Waals surface area contributed by atoms with Crippen molar-refractivity contribution in [2.75, 3.05) is 0 Å². The van der Waals surface area contributed by atoms with Gasteiger partial charge in [0.1, 0.15) is 0 Å². The van der Waals surface area contributed by atoms with Crippen molar-refractivity contribution in [2.45, 2.75) is 9.79 Å². The second kappa shape index (κ2) is 13.0. The maximum absolute atomic E-state index is 12.8. The normalized spacial score (nSPS) is 10.2. The zero-order chi connectivity index (χ0) is 26.7. The highest BCUT2D eigenvalue weighted by atomic mass is 33.1. The van der Waals surface area contributed by atoms with Crippen LogP contribution in [0, 0.1) is 0 Å². The molecular weight excluding hydrogens is 524 g/mol. The summed E-state index contributed by atoms with van der Waals surface area (Å²) < 4.78 is 0. The predicted molar refractivity (Wildman–Crippen MR) is 143 cm³/mol. The lowest BCUT2D eigenvalue weighted by Gasteiger charge is -2.12. The topological polar surface area (TPSA) is 142 Å². The molecule has 4 aromatic rings. The fourth-order valence-electron chi connectivity index (χ4n) is 3.06. The van der Waals surface area contributed by atoms with Crippen molar-refractivity contribution < 1.29 is 19.2 Å². The highest BCUT2D eigenvalue weighted by Gasteiger charge is 2.17. The van der Waals surface area contributed by atoms with E-state index < -0.39 is 23.6 Å². The molecule has 0 spiro atoms. The van der Waals surface area contributed by atoms with E-state index in [9.17, 15) is 19.2 Å². The van der Waals surface area contributed by atoms with E-state index in [-0.39, 0.29) is 0 Å². The molecule has 38 heavy (non-hydrogen) atoms. The Bertz CT molecular complexity index is 1340. The Labute approximate surface area is 225 Å². The quantitative estimate of drug-likeness (QED) is 0.205. The van der Waals surface area contributed by atoms with E-state index in [2.05, 4.69) is 31.7 Å². The Balaban J connectivity index is 1.38. The third-order valence-electron chi connectivity index (χ3n) is 4.95. The van der Waals surface area contributed by atoms with Crippen molar-refractivity contribution in [3.05, 3.63) is 120 Å². The van der Waals surface area contributed by atoms with Crippen molar-refractivity contribution in [3.63, 3.8) is 0 Å². The minimum absolute atomic E-state index is 0.339. The molecule has 0 radical (unpaired) electrons. The summed E-state index contributed by atoms with van der Waals surface area (Å²) in [6, 6.07) is 19.9. The fraction of sp³-hybridized carbons (Fsp3) is 0. The van der Waals surface area contributed by atoms with Crippen LogP contribution in [0.2, 0.25) is 0 Å². The lowest BCUT2D eigenvalue weighted by molar-refractivity contribution is 0.0845. The molecule has 2 aromatic heterocycles. The second-order valence-corrected chi connectivity index (χ2v) is 9.66. The Morgan fingerprint density at radius 1 is 0.474 bits per heavy atom. The minimum Gasteiger partial charge on any atom is -0.267 e. The molecule has 0 aliphatic carbocycles. The number of hydrogen-bond acceptors (Lipinski definition) is 8. The van der Waals surface area contributed by atoms with Gasteiger partial charge >= 0.3 is 0 Å². The average Bonchev–Trinajstić information content (AvgIpc) is 2.98. The number of carbonyl (C=O) groups is 4. The van der Waals surface area contributed by atoms with Gasteiger partial charge in [-0.3, -0.25) is 50.8 Å². The van der Waals surface area contributed by atoms with Crippen molar-refractivity contribution in [3.8, 4) is 0 Å². The number of nitrogens with zero attached hydrogens (tertiary/aromatic N) is 2. The molecule has 0 aliphatic rings. The van der Waals surface area contributed by atoms with Crippen molar-refractivity contribution in [1.82, 2.24) is 31.7 Å². The molecule has 4 N–H and O–H groups in total. The molecule has 2 heterocycles. The summed E-state index contributed by atoms with van der Waals surface area (Å²) in [6.45, 7) is 0. The smallest absolute Gasteiger partial charge is 0.267 e. The van der Waals surface area contributed by atoms with Crippen molar-refractivity contribution in [2.24, 2.45) is 0 Å². The van der Waals surface area contributed by atoms with Gasteiger partial charge in [0.15, 0.2) is 0 Å². The summed E-state index contributed by atoms with van der Waals surface area (Å²) in [6.07, 6.45) is 5.92. The zero-order valence-electron chi connectivity index (χ0n) is 19.6. The van der Waals surface area contributed by atoms with Gasteiger partial charge in [-0.15, -0.1) is 0 Å². The van der Waals surface area contributed by atoms with Crippen LogP contribution in [-0.2, 0) is 0 Å². The first-order valence-corrected chi connectivity index (χ1v) is 13.2. The number of aromatic nitrogens is 2. The van der Waals surface area contributed by atoms with Gasteiger partial charge in [-0.1, -0.05) is 45.9 Å². The van der Waals surface area contributed by atoms with E-state index in [1.165, 1.54) is 70.6 Å². The first-order valence-electron chi connectivity index (χ1n) is 11.1. The number of amides is 4. The SMILES string of the molecule is O=C(NNC(=O)c1ccccc1SSc1ccccc1C(=O)NNC(=O)c1ccncc1)c1ccncc1. The predicted octanol–water partition coefficient (Wildman–Crippen LogP) is 3.43. The molecule has 0 aliphatic heterocycles. The van der Waals surface area contributed by atoms with E-state index in [0.29, 0.717) is 32.0 Å². The Kier molecular flexibility index (Phi) is 9.05. The minimum atomic E-state index is -0.499. The number of hydrogen-bond donors (Lipinski definition) is 4. The summed E-state index contributed by atoms with van der Waals surface area (Å²) in [5.74, 6) is -1.95. The van der Waals surface area contributed by atoms with Crippen molar-refractivity contribution >= 4 is 45.2 Å². The average molecular weight is 545 g/mol. The van der Waals surface area contributed by atoms with Crippen LogP contribution in [0.1, 0.15) is 41.4 Å². The monoisotopic (exact) mass is 544 g/mol. The standard InChI is InChI=1S/C26H20N6O4S2/c33-23(17-9-13-27-14-10-17)29-31-25(35)19-5-1-3-7-21(19)37-38-22-8-4-2-6-20(22)26(36)32-30-24(34)18-11-15-28-16-12-18/h1-16H,(H,29,33)(H,30,34)(H,31,35)(H,32,36). The van der Waals surface area contributed by atoms with Crippen LogP contribution < -0.4 is 21.7 Å².